The number of nitro groups is 1. The summed E-state index contributed by atoms with van der Waals surface area (Å²) >= 11 is 7.68. The number of ether oxygens (including phenoxy) is 2. The normalized spacial score (nSPS) is 11.0. The molecule has 0 aliphatic rings. The summed E-state index contributed by atoms with van der Waals surface area (Å²) in [7, 11) is 0. The van der Waals surface area contributed by atoms with Gasteiger partial charge < -0.3 is 9.47 Å². The highest BCUT2D eigenvalue weighted by Gasteiger charge is 2.16. The van der Waals surface area contributed by atoms with Crippen LogP contribution in [0.2, 0.25) is 5.02 Å². The molecule has 42 heavy (non-hydrogen) atoms. The molecule has 0 aliphatic heterocycles. The lowest BCUT2D eigenvalue weighted by atomic mass is 10.1. The van der Waals surface area contributed by atoms with Crippen LogP contribution in [0.3, 0.4) is 0 Å². The van der Waals surface area contributed by atoms with Crippen molar-refractivity contribution in [2.75, 3.05) is 12.0 Å². The quantitative estimate of drug-likeness (QED) is 0.0926. The van der Waals surface area contributed by atoms with Crippen LogP contribution in [0.15, 0.2) is 96.1 Å². The minimum absolute atomic E-state index is 0.0369. The number of rotatable bonds is 11. The number of hydrogen-bond donors (Lipinski definition) is 1. The van der Waals surface area contributed by atoms with Crippen molar-refractivity contribution in [3.8, 4) is 33.2 Å². The summed E-state index contributed by atoms with van der Waals surface area (Å²) in [4.78, 5) is 16.4. The van der Waals surface area contributed by atoms with Gasteiger partial charge in [-0.25, -0.2) is 4.98 Å². The molecule has 1 N–H and O–H groups in total. The van der Waals surface area contributed by atoms with Crippen LogP contribution in [0, 0.1) is 17.0 Å². The maximum atomic E-state index is 11.1. The van der Waals surface area contributed by atoms with Crippen molar-refractivity contribution in [3.05, 3.63) is 123 Å². The van der Waals surface area contributed by atoms with E-state index in [0.717, 1.165) is 38.4 Å². The average Bonchev–Trinajstić information content (AvgIpc) is 3.42. The summed E-state index contributed by atoms with van der Waals surface area (Å²) in [5.41, 5.74) is 8.45. The third kappa shape index (κ3) is 6.94. The molecule has 0 bridgehead atoms. The van der Waals surface area contributed by atoms with Gasteiger partial charge in [0.25, 0.3) is 5.69 Å². The average molecular weight is 599 g/mol. The van der Waals surface area contributed by atoms with Crippen LogP contribution in [0.1, 0.15) is 23.6 Å². The van der Waals surface area contributed by atoms with Gasteiger partial charge in [0.15, 0.2) is 11.5 Å². The van der Waals surface area contributed by atoms with E-state index in [9.17, 15) is 10.1 Å². The Bertz CT molecular complexity index is 1720. The molecule has 0 amide bonds. The molecular formula is C32H27ClN4O4S. The van der Waals surface area contributed by atoms with E-state index in [-0.39, 0.29) is 5.69 Å². The fraction of sp³-hybridized carbons (Fsp3) is 0.125. The second-order valence-corrected chi connectivity index (χ2v) is 10.7. The van der Waals surface area contributed by atoms with Crippen LogP contribution >= 0.6 is 22.9 Å². The van der Waals surface area contributed by atoms with Gasteiger partial charge >= 0.3 is 0 Å². The van der Waals surface area contributed by atoms with Crippen molar-refractivity contribution in [2.45, 2.75) is 20.5 Å². The molecule has 1 aromatic heterocycles. The lowest BCUT2D eigenvalue weighted by molar-refractivity contribution is -0.384. The molecule has 0 spiro atoms. The highest BCUT2D eigenvalue weighted by atomic mass is 35.5. The van der Waals surface area contributed by atoms with Gasteiger partial charge in [-0.3, -0.25) is 15.5 Å². The van der Waals surface area contributed by atoms with E-state index in [0.29, 0.717) is 34.9 Å². The first-order chi connectivity index (χ1) is 20.4. The van der Waals surface area contributed by atoms with Crippen molar-refractivity contribution in [1.82, 2.24) is 4.98 Å². The number of benzene rings is 4. The first-order valence-corrected chi connectivity index (χ1v) is 14.4. The van der Waals surface area contributed by atoms with Gasteiger partial charge in [0.1, 0.15) is 6.61 Å². The molecule has 0 radical (unpaired) electrons. The van der Waals surface area contributed by atoms with Crippen molar-refractivity contribution < 1.29 is 14.4 Å². The number of aromatic nitrogens is 1. The standard InChI is InChI=1S/C32H27ClN4O4S/c1-3-40-29-18-22(10-17-28(29)41-20-25-6-4-5-7-27(25)33)19-34-36-32-35-30(23-11-8-21(2)9-12-23)31(42-32)24-13-15-26(16-14-24)37(38)39/h4-19H,3,20H2,1-2H3,(H,35,36)/b34-19-. The smallest absolute Gasteiger partial charge is 0.269 e. The predicted octanol–water partition coefficient (Wildman–Crippen LogP) is 8.77. The Morgan fingerprint density at radius 2 is 1.71 bits per heavy atom. The van der Waals surface area contributed by atoms with Crippen molar-refractivity contribution in [1.29, 1.82) is 0 Å². The van der Waals surface area contributed by atoms with Crippen LogP contribution in [-0.4, -0.2) is 22.7 Å². The van der Waals surface area contributed by atoms with E-state index >= 15 is 0 Å². The molecular weight excluding hydrogens is 572 g/mol. The van der Waals surface area contributed by atoms with Crippen LogP contribution in [0.4, 0.5) is 10.8 Å². The molecule has 4 aromatic carbocycles. The molecule has 0 aliphatic carbocycles. The van der Waals surface area contributed by atoms with E-state index < -0.39 is 4.92 Å². The first-order valence-electron chi connectivity index (χ1n) is 13.2. The number of non-ortho nitro benzene ring substituents is 1. The fourth-order valence-electron chi connectivity index (χ4n) is 4.13. The maximum Gasteiger partial charge on any atom is 0.269 e. The zero-order valence-corrected chi connectivity index (χ0v) is 24.5. The SMILES string of the molecule is CCOc1cc(/C=N\Nc2nc(-c3ccc(C)cc3)c(-c3ccc([N+](=O)[O-])cc3)s2)ccc1OCc1ccccc1Cl. The molecule has 0 atom stereocenters. The molecule has 0 saturated heterocycles. The Morgan fingerprint density at radius 1 is 0.976 bits per heavy atom. The molecule has 0 saturated carbocycles. The minimum atomic E-state index is -0.409. The summed E-state index contributed by atoms with van der Waals surface area (Å²) < 4.78 is 11.8. The monoisotopic (exact) mass is 598 g/mol. The number of nitro benzene ring substituents is 1. The van der Waals surface area contributed by atoms with Gasteiger partial charge in [-0.05, 0) is 61.4 Å². The van der Waals surface area contributed by atoms with Crippen LogP contribution in [-0.2, 0) is 6.61 Å². The molecule has 5 rings (SSSR count). The topological polar surface area (TPSA) is 98.9 Å². The van der Waals surface area contributed by atoms with Crippen molar-refractivity contribution >= 4 is 40.0 Å². The number of halogens is 1. The number of thiazole rings is 1. The minimum Gasteiger partial charge on any atom is -0.490 e. The number of anilines is 1. The third-order valence-corrected chi connectivity index (χ3v) is 7.65. The van der Waals surface area contributed by atoms with E-state index in [1.54, 1.807) is 18.3 Å². The van der Waals surface area contributed by atoms with Crippen molar-refractivity contribution in [3.63, 3.8) is 0 Å². The van der Waals surface area contributed by atoms with Gasteiger partial charge in [0.05, 0.1) is 28.3 Å². The zero-order valence-electron chi connectivity index (χ0n) is 22.9. The van der Waals surface area contributed by atoms with Gasteiger partial charge in [-0.15, -0.1) is 0 Å². The molecule has 8 nitrogen and oxygen atoms in total. The van der Waals surface area contributed by atoms with Gasteiger partial charge in [0, 0.05) is 28.3 Å². The largest absolute Gasteiger partial charge is 0.490 e. The Labute approximate surface area is 252 Å². The van der Waals surface area contributed by atoms with E-state index in [1.165, 1.54) is 23.5 Å². The fourth-order valence-corrected chi connectivity index (χ4v) is 5.26. The number of nitrogens with one attached hydrogen (secondary N) is 1. The number of aryl methyl sites for hydroxylation is 1. The zero-order chi connectivity index (χ0) is 29.5. The summed E-state index contributed by atoms with van der Waals surface area (Å²) in [5, 5.41) is 16.8. The van der Waals surface area contributed by atoms with Gasteiger partial charge in [-0.2, -0.15) is 5.10 Å². The molecule has 0 unspecified atom stereocenters. The highest BCUT2D eigenvalue weighted by molar-refractivity contribution is 7.19. The Morgan fingerprint density at radius 3 is 2.43 bits per heavy atom. The van der Waals surface area contributed by atoms with E-state index in [2.05, 4.69) is 10.5 Å². The molecule has 212 valence electrons. The van der Waals surface area contributed by atoms with E-state index in [1.807, 2.05) is 80.6 Å². The van der Waals surface area contributed by atoms with Crippen LogP contribution in [0.25, 0.3) is 21.7 Å². The van der Waals surface area contributed by atoms with Crippen LogP contribution < -0.4 is 14.9 Å². The number of hydrogen-bond acceptors (Lipinski definition) is 8. The maximum absolute atomic E-state index is 11.1. The summed E-state index contributed by atoms with van der Waals surface area (Å²) in [6, 6.07) is 27.7. The number of hydrazone groups is 1. The van der Waals surface area contributed by atoms with Gasteiger partial charge in [0.2, 0.25) is 5.13 Å². The van der Waals surface area contributed by atoms with Crippen LogP contribution in [0.5, 0.6) is 11.5 Å². The molecule has 1 heterocycles. The summed E-state index contributed by atoms with van der Waals surface area (Å²) in [6.07, 6.45) is 1.68. The number of nitrogens with zero attached hydrogens (tertiary/aromatic N) is 3. The van der Waals surface area contributed by atoms with Gasteiger partial charge in [-0.1, -0.05) is 71.0 Å². The Hall–Kier alpha value is -4.73. The highest BCUT2D eigenvalue weighted by Crippen LogP contribution is 2.39. The Kier molecular flexibility index (Phi) is 9.11. The first kappa shape index (κ1) is 28.8. The predicted molar refractivity (Wildman–Crippen MR) is 169 cm³/mol. The lowest BCUT2D eigenvalue weighted by Gasteiger charge is -2.13. The third-order valence-electron chi connectivity index (χ3n) is 6.27. The molecule has 10 heteroatoms. The molecule has 0 fully saturated rings. The second kappa shape index (κ2) is 13.3. The summed E-state index contributed by atoms with van der Waals surface area (Å²) in [6.45, 7) is 4.74. The van der Waals surface area contributed by atoms with Crippen molar-refractivity contribution in [2.24, 2.45) is 5.10 Å². The summed E-state index contributed by atoms with van der Waals surface area (Å²) in [5.74, 6) is 1.21. The second-order valence-electron chi connectivity index (χ2n) is 9.26. The van der Waals surface area contributed by atoms with E-state index in [4.69, 9.17) is 26.1 Å². The lowest BCUT2D eigenvalue weighted by Crippen LogP contribution is -2.01. The Balaban J connectivity index is 1.36. The molecule has 5 aromatic rings.